The zero-order chi connectivity index (χ0) is 25.7. The Balaban J connectivity index is 1.19. The predicted molar refractivity (Wildman–Crippen MR) is 139 cm³/mol. The Kier molecular flexibility index (Phi) is 5.94. The van der Waals surface area contributed by atoms with Gasteiger partial charge in [-0.1, -0.05) is 18.2 Å². The smallest absolute Gasteiger partial charge is 0.418 e. The number of cyclic esters (lactones) is 2. The van der Waals surface area contributed by atoms with Crippen LogP contribution >= 0.6 is 11.3 Å². The lowest BCUT2D eigenvalue weighted by Crippen LogP contribution is -2.56. The number of aliphatic hydroxyl groups is 1. The molecule has 8 nitrogen and oxygen atoms in total. The Morgan fingerprint density at radius 2 is 1.95 bits per heavy atom. The molecule has 2 aliphatic rings. The summed E-state index contributed by atoms with van der Waals surface area (Å²) >= 11 is 1.85. The molecule has 0 bridgehead atoms. The van der Waals surface area contributed by atoms with Gasteiger partial charge in [0.05, 0.1) is 0 Å². The number of ether oxygens (including phenoxy) is 3. The molecule has 0 spiro atoms. The zero-order valence-corrected chi connectivity index (χ0v) is 21.4. The number of nitrogens with one attached hydrogen (secondary N) is 1. The molecule has 0 unspecified atom stereocenters. The van der Waals surface area contributed by atoms with Crippen molar-refractivity contribution in [2.45, 2.75) is 50.7 Å². The number of piperidine rings is 1. The van der Waals surface area contributed by atoms with Crippen LogP contribution in [0.5, 0.6) is 5.75 Å². The van der Waals surface area contributed by atoms with E-state index in [0.29, 0.717) is 17.1 Å². The standard InChI is InChI=1S/C28H28N2O6S/c1-16-5-3-8-23-20(16)14-24(37-23)18-10-12-30(17(2)13-18)15-25(31)28(35-26(32)27(33)36-28)34-22-7-4-6-21-19(22)9-11-29-21/h3-9,11,14,17-18,25,29,31H,10,12-13,15H2,1-2H3/t17-,18-,25-/m0/s1. The molecule has 2 aromatic carbocycles. The number of nitrogens with zero attached hydrogens (tertiary/aromatic N) is 1. The molecule has 0 amide bonds. The van der Waals surface area contributed by atoms with E-state index in [2.05, 4.69) is 48.0 Å². The molecule has 2 fully saturated rings. The molecule has 4 heterocycles. The Morgan fingerprint density at radius 1 is 1.16 bits per heavy atom. The van der Waals surface area contributed by atoms with Crippen molar-refractivity contribution < 1.29 is 28.9 Å². The van der Waals surface area contributed by atoms with Gasteiger partial charge in [0.2, 0.25) is 0 Å². The third-order valence-electron chi connectivity index (χ3n) is 7.47. The van der Waals surface area contributed by atoms with Crippen molar-refractivity contribution >= 4 is 44.3 Å². The number of thiophene rings is 1. The van der Waals surface area contributed by atoms with Gasteiger partial charge in [-0.3, -0.25) is 4.90 Å². The molecular formula is C28H28N2O6S. The maximum atomic E-state index is 12.0. The third kappa shape index (κ3) is 4.27. The number of aromatic nitrogens is 1. The number of esters is 2. The predicted octanol–water partition coefficient (Wildman–Crippen LogP) is 4.45. The van der Waals surface area contributed by atoms with Crippen molar-refractivity contribution in [3.8, 4) is 5.75 Å². The number of fused-ring (bicyclic) bond motifs is 2. The van der Waals surface area contributed by atoms with Crippen LogP contribution in [0.15, 0.2) is 54.7 Å². The van der Waals surface area contributed by atoms with E-state index >= 15 is 0 Å². The number of H-pyrrole nitrogens is 1. The zero-order valence-electron chi connectivity index (χ0n) is 20.6. The van der Waals surface area contributed by atoms with Crippen molar-refractivity contribution in [1.29, 1.82) is 0 Å². The molecular weight excluding hydrogens is 492 g/mol. The van der Waals surface area contributed by atoms with Crippen molar-refractivity contribution in [3.05, 3.63) is 65.2 Å². The summed E-state index contributed by atoms with van der Waals surface area (Å²) in [5, 5.41) is 13.3. The molecule has 2 N–H and O–H groups in total. The number of rotatable bonds is 6. The van der Waals surface area contributed by atoms with Crippen LogP contribution in [0.1, 0.15) is 36.1 Å². The van der Waals surface area contributed by atoms with Gasteiger partial charge in [-0.2, -0.15) is 0 Å². The molecule has 2 aromatic heterocycles. The van der Waals surface area contributed by atoms with E-state index < -0.39 is 24.0 Å². The van der Waals surface area contributed by atoms with Gasteiger partial charge >= 0.3 is 17.9 Å². The molecule has 37 heavy (non-hydrogen) atoms. The molecule has 0 radical (unpaired) electrons. The second-order valence-corrected chi connectivity index (χ2v) is 11.0. The fraction of sp³-hybridized carbons (Fsp3) is 0.357. The highest BCUT2D eigenvalue weighted by atomic mass is 32.1. The van der Waals surface area contributed by atoms with E-state index in [4.69, 9.17) is 14.2 Å². The molecule has 0 saturated carbocycles. The number of aliphatic hydroxyl groups excluding tert-OH is 1. The monoisotopic (exact) mass is 520 g/mol. The summed E-state index contributed by atoms with van der Waals surface area (Å²) in [6.07, 6.45) is 2.19. The lowest BCUT2D eigenvalue weighted by molar-refractivity contribution is -0.319. The van der Waals surface area contributed by atoms with Gasteiger partial charge in [-0.05, 0) is 80.4 Å². The minimum Gasteiger partial charge on any atom is -0.418 e. The highest BCUT2D eigenvalue weighted by Crippen LogP contribution is 2.40. The van der Waals surface area contributed by atoms with Gasteiger partial charge in [0.15, 0.2) is 6.10 Å². The highest BCUT2D eigenvalue weighted by molar-refractivity contribution is 7.19. The van der Waals surface area contributed by atoms with Crippen LogP contribution in [0.4, 0.5) is 0 Å². The quantitative estimate of drug-likeness (QED) is 0.286. The van der Waals surface area contributed by atoms with Gasteiger partial charge < -0.3 is 24.3 Å². The van der Waals surface area contributed by atoms with E-state index in [9.17, 15) is 14.7 Å². The Morgan fingerprint density at radius 3 is 2.70 bits per heavy atom. The Hall–Kier alpha value is -3.40. The van der Waals surface area contributed by atoms with Gasteiger partial charge in [0.25, 0.3) is 0 Å². The average Bonchev–Trinajstić information content (AvgIpc) is 3.59. The molecule has 2 aliphatic heterocycles. The molecule has 2 saturated heterocycles. The molecule has 6 rings (SSSR count). The summed E-state index contributed by atoms with van der Waals surface area (Å²) < 4.78 is 17.8. The summed E-state index contributed by atoms with van der Waals surface area (Å²) in [4.78, 5) is 30.7. The third-order valence-corrected chi connectivity index (χ3v) is 8.74. The normalized spacial score (nSPS) is 22.8. The maximum Gasteiger partial charge on any atom is 0.451 e. The van der Waals surface area contributed by atoms with Gasteiger partial charge in [-0.15, -0.1) is 11.3 Å². The van der Waals surface area contributed by atoms with Crippen LogP contribution in [-0.4, -0.2) is 58.1 Å². The van der Waals surface area contributed by atoms with Crippen LogP contribution in [0.2, 0.25) is 0 Å². The number of carbonyl (C=O) groups excluding carboxylic acids is 2. The number of β-amino-alcohol motifs (C(OH)–C–C–N with tert-alkyl or cyclic N) is 1. The molecule has 3 atom stereocenters. The molecule has 9 heteroatoms. The summed E-state index contributed by atoms with van der Waals surface area (Å²) in [6.45, 7) is 5.12. The fourth-order valence-electron chi connectivity index (χ4n) is 5.42. The van der Waals surface area contributed by atoms with Crippen molar-refractivity contribution in [2.75, 3.05) is 13.1 Å². The van der Waals surface area contributed by atoms with Crippen LogP contribution in [0.3, 0.4) is 0 Å². The fourth-order valence-corrected chi connectivity index (χ4v) is 6.71. The summed E-state index contributed by atoms with van der Waals surface area (Å²) in [7, 11) is 0. The van der Waals surface area contributed by atoms with E-state index in [-0.39, 0.29) is 12.6 Å². The number of aromatic amines is 1. The average molecular weight is 521 g/mol. The Labute approximate surface area is 217 Å². The minimum atomic E-state index is -2.25. The van der Waals surface area contributed by atoms with Gasteiger partial charge in [-0.25, -0.2) is 9.59 Å². The van der Waals surface area contributed by atoms with Crippen LogP contribution in [-0.2, 0) is 19.1 Å². The van der Waals surface area contributed by atoms with Crippen LogP contribution in [0.25, 0.3) is 21.0 Å². The molecule has 4 aromatic rings. The second kappa shape index (κ2) is 9.16. The largest absolute Gasteiger partial charge is 0.451 e. The number of likely N-dealkylation sites (tertiary alicyclic amines) is 1. The van der Waals surface area contributed by atoms with Crippen molar-refractivity contribution in [2.24, 2.45) is 0 Å². The van der Waals surface area contributed by atoms with E-state index in [0.717, 1.165) is 24.9 Å². The SMILES string of the molecule is Cc1cccc2sc([C@H]3CCN(C[C@H](O)C4(Oc5cccc6[nH]ccc56)OC(=O)C(=O)O4)[C@@H](C)C3)cc12. The van der Waals surface area contributed by atoms with Crippen molar-refractivity contribution in [1.82, 2.24) is 9.88 Å². The van der Waals surface area contributed by atoms with Crippen molar-refractivity contribution in [3.63, 3.8) is 0 Å². The van der Waals surface area contributed by atoms with E-state index in [1.165, 1.54) is 20.5 Å². The van der Waals surface area contributed by atoms with E-state index in [1.807, 2.05) is 17.4 Å². The summed E-state index contributed by atoms with van der Waals surface area (Å²) in [5.41, 5.74) is 2.08. The topological polar surface area (TPSA) is 101 Å². The number of aryl methyl sites for hydroxylation is 1. The molecule has 0 aliphatic carbocycles. The summed E-state index contributed by atoms with van der Waals surface area (Å²) in [6, 6.07) is 16.0. The van der Waals surface area contributed by atoms with Crippen LogP contribution < -0.4 is 4.74 Å². The lowest BCUT2D eigenvalue weighted by Gasteiger charge is -2.40. The first-order valence-electron chi connectivity index (χ1n) is 12.5. The number of hydrogen-bond donors (Lipinski definition) is 2. The first-order valence-corrected chi connectivity index (χ1v) is 13.3. The number of carbonyl (C=O) groups is 2. The van der Waals surface area contributed by atoms with E-state index in [1.54, 1.807) is 24.4 Å². The minimum absolute atomic E-state index is 0.114. The molecule has 192 valence electrons. The Bertz CT molecular complexity index is 1480. The van der Waals surface area contributed by atoms with Gasteiger partial charge in [0, 0.05) is 39.3 Å². The van der Waals surface area contributed by atoms with Gasteiger partial charge in [0.1, 0.15) is 5.75 Å². The number of hydrogen-bond acceptors (Lipinski definition) is 8. The first kappa shape index (κ1) is 24.0. The van der Waals surface area contributed by atoms with Crippen LogP contribution in [0, 0.1) is 6.92 Å². The maximum absolute atomic E-state index is 12.0. The second-order valence-electron chi connectivity index (χ2n) is 9.90. The summed E-state index contributed by atoms with van der Waals surface area (Å²) in [5.74, 6) is -3.87. The lowest BCUT2D eigenvalue weighted by atomic mass is 9.89. The number of benzene rings is 2. The first-order chi connectivity index (χ1) is 17.8. The highest BCUT2D eigenvalue weighted by Gasteiger charge is 2.58.